The lowest BCUT2D eigenvalue weighted by molar-refractivity contribution is -0.113. The van der Waals surface area contributed by atoms with Gasteiger partial charge in [0.1, 0.15) is 11.5 Å². The van der Waals surface area contributed by atoms with E-state index in [9.17, 15) is 17.6 Å². The van der Waals surface area contributed by atoms with Crippen molar-refractivity contribution < 1.29 is 17.6 Å². The van der Waals surface area contributed by atoms with Gasteiger partial charge < -0.3 is 5.32 Å². The number of carbonyl (C=O) groups excluding carboxylic acids is 1. The van der Waals surface area contributed by atoms with Gasteiger partial charge in [-0.2, -0.15) is 8.42 Å². The average molecular weight is 513 g/mol. The van der Waals surface area contributed by atoms with E-state index in [1.165, 1.54) is 36.6 Å². The number of nitrogens with one attached hydrogen (secondary N) is 1. The SMILES string of the molecule is CN1C(C(=O)Nc2ccc(F)c(Cl)c2)=CC(c2cc(Cl)c(Br)s2)=NS1(=O)=O. The van der Waals surface area contributed by atoms with Crippen LogP contribution < -0.4 is 5.32 Å². The zero-order valence-electron chi connectivity index (χ0n) is 13.3. The molecule has 3 rings (SSSR count). The summed E-state index contributed by atoms with van der Waals surface area (Å²) in [4.78, 5) is 13.1. The van der Waals surface area contributed by atoms with Crippen molar-refractivity contribution in [1.29, 1.82) is 0 Å². The number of halogens is 4. The van der Waals surface area contributed by atoms with Crippen molar-refractivity contribution in [2.24, 2.45) is 4.40 Å². The summed E-state index contributed by atoms with van der Waals surface area (Å²) >= 11 is 16.1. The monoisotopic (exact) mass is 511 g/mol. The number of hydrogen-bond donors (Lipinski definition) is 1. The summed E-state index contributed by atoms with van der Waals surface area (Å²) in [6.45, 7) is 0. The highest BCUT2D eigenvalue weighted by Crippen LogP contribution is 2.34. The summed E-state index contributed by atoms with van der Waals surface area (Å²) in [5, 5.41) is 2.71. The van der Waals surface area contributed by atoms with Crippen molar-refractivity contribution in [2.45, 2.75) is 0 Å². The van der Waals surface area contributed by atoms with Crippen molar-refractivity contribution in [3.63, 3.8) is 0 Å². The third kappa shape index (κ3) is 4.19. The molecule has 0 spiro atoms. The Labute approximate surface area is 176 Å². The molecule has 1 amide bonds. The van der Waals surface area contributed by atoms with Crippen LogP contribution in [-0.4, -0.2) is 31.4 Å². The summed E-state index contributed by atoms with van der Waals surface area (Å²) in [6.07, 6.45) is 1.33. The number of benzene rings is 1. The van der Waals surface area contributed by atoms with E-state index in [2.05, 4.69) is 25.6 Å². The predicted molar refractivity (Wildman–Crippen MR) is 108 cm³/mol. The maximum atomic E-state index is 13.3. The predicted octanol–water partition coefficient (Wildman–Crippen LogP) is 4.46. The van der Waals surface area contributed by atoms with Gasteiger partial charge in [-0.05, 0) is 46.3 Å². The number of anilines is 1. The highest BCUT2D eigenvalue weighted by Gasteiger charge is 2.30. The molecule has 0 bridgehead atoms. The molecule has 1 aromatic carbocycles. The minimum atomic E-state index is -4.11. The molecule has 1 aliphatic heterocycles. The zero-order chi connectivity index (χ0) is 19.9. The Bertz CT molecular complexity index is 1100. The van der Waals surface area contributed by atoms with Gasteiger partial charge in [0.2, 0.25) is 0 Å². The molecule has 12 heteroatoms. The molecule has 0 saturated heterocycles. The lowest BCUT2D eigenvalue weighted by Gasteiger charge is -2.23. The molecule has 1 N–H and O–H groups in total. The normalized spacial score (nSPS) is 16.0. The third-order valence-electron chi connectivity index (χ3n) is 3.48. The van der Waals surface area contributed by atoms with E-state index in [-0.39, 0.29) is 22.1 Å². The van der Waals surface area contributed by atoms with E-state index in [0.29, 0.717) is 13.7 Å². The van der Waals surface area contributed by atoms with Crippen LogP contribution in [0.3, 0.4) is 0 Å². The van der Waals surface area contributed by atoms with Gasteiger partial charge in [-0.15, -0.1) is 15.7 Å². The Morgan fingerprint density at radius 3 is 2.59 bits per heavy atom. The molecule has 0 atom stereocenters. The molecule has 0 radical (unpaired) electrons. The number of rotatable bonds is 3. The number of likely N-dealkylation sites (N-methyl/N-ethyl adjacent to an activating group) is 1. The molecule has 1 aromatic heterocycles. The van der Waals surface area contributed by atoms with Crippen LogP contribution in [0.4, 0.5) is 10.1 Å². The Balaban J connectivity index is 1.97. The van der Waals surface area contributed by atoms with Crippen LogP contribution in [0.1, 0.15) is 4.88 Å². The van der Waals surface area contributed by atoms with E-state index in [4.69, 9.17) is 23.2 Å². The fraction of sp³-hybridized carbons (Fsp3) is 0.0667. The van der Waals surface area contributed by atoms with Gasteiger partial charge in [0.05, 0.1) is 24.4 Å². The lowest BCUT2D eigenvalue weighted by Crippen LogP contribution is -2.35. The van der Waals surface area contributed by atoms with Crippen molar-refractivity contribution >= 4 is 78.0 Å². The molecular weight excluding hydrogens is 504 g/mol. The Morgan fingerprint density at radius 1 is 1.30 bits per heavy atom. The fourth-order valence-electron chi connectivity index (χ4n) is 2.12. The Morgan fingerprint density at radius 2 is 2.00 bits per heavy atom. The smallest absolute Gasteiger partial charge is 0.321 e. The van der Waals surface area contributed by atoms with Crippen LogP contribution in [0.5, 0.6) is 0 Å². The lowest BCUT2D eigenvalue weighted by atomic mass is 10.2. The van der Waals surface area contributed by atoms with Gasteiger partial charge in [-0.25, -0.2) is 8.70 Å². The molecule has 6 nitrogen and oxygen atoms in total. The molecule has 0 aliphatic carbocycles. The van der Waals surface area contributed by atoms with Crippen molar-refractivity contribution in [1.82, 2.24) is 4.31 Å². The van der Waals surface area contributed by atoms with Crippen LogP contribution >= 0.6 is 50.5 Å². The molecule has 1 aliphatic rings. The van der Waals surface area contributed by atoms with Gasteiger partial charge >= 0.3 is 10.2 Å². The van der Waals surface area contributed by atoms with Crippen LogP contribution in [0.2, 0.25) is 10.0 Å². The molecular formula is C15H9BrCl2FN3O3S2. The van der Waals surface area contributed by atoms with Gasteiger partial charge in [-0.3, -0.25) is 4.79 Å². The second-order valence-electron chi connectivity index (χ2n) is 5.27. The summed E-state index contributed by atoms with van der Waals surface area (Å²) in [5.41, 5.74) is 0.123. The number of thiophene rings is 1. The van der Waals surface area contributed by atoms with Crippen molar-refractivity contribution in [2.75, 3.05) is 12.4 Å². The number of nitrogens with zero attached hydrogens (tertiary/aromatic N) is 2. The molecule has 27 heavy (non-hydrogen) atoms. The average Bonchev–Trinajstić information content (AvgIpc) is 2.92. The highest BCUT2D eigenvalue weighted by molar-refractivity contribution is 9.11. The van der Waals surface area contributed by atoms with Crippen LogP contribution in [-0.2, 0) is 15.0 Å². The largest absolute Gasteiger partial charge is 0.345 e. The van der Waals surface area contributed by atoms with Gasteiger partial charge in [0.15, 0.2) is 0 Å². The second-order valence-corrected chi connectivity index (χ2v) is 10.1. The number of allylic oxidation sites excluding steroid dienone is 1. The summed E-state index contributed by atoms with van der Waals surface area (Å²) in [5.74, 6) is -1.36. The summed E-state index contributed by atoms with van der Waals surface area (Å²) < 4.78 is 43.0. The number of amides is 1. The summed E-state index contributed by atoms with van der Waals surface area (Å²) in [6, 6.07) is 5.16. The van der Waals surface area contributed by atoms with E-state index < -0.39 is 21.9 Å². The fourth-order valence-corrected chi connectivity index (χ4v) is 4.93. The van der Waals surface area contributed by atoms with Gasteiger partial charge in [0.25, 0.3) is 5.91 Å². The first-order chi connectivity index (χ1) is 12.6. The molecule has 2 heterocycles. The van der Waals surface area contributed by atoms with Crippen molar-refractivity contribution in [3.8, 4) is 0 Å². The first kappa shape index (κ1) is 20.3. The third-order valence-corrected chi connectivity index (χ3v) is 7.58. The summed E-state index contributed by atoms with van der Waals surface area (Å²) in [7, 11) is -2.90. The minimum Gasteiger partial charge on any atom is -0.321 e. The molecule has 142 valence electrons. The molecule has 2 aromatic rings. The van der Waals surface area contributed by atoms with Crippen LogP contribution in [0.15, 0.2) is 44.2 Å². The molecule has 0 fully saturated rings. The minimum absolute atomic E-state index is 0.0768. The van der Waals surface area contributed by atoms with Crippen LogP contribution in [0.25, 0.3) is 0 Å². The Hall–Kier alpha value is -1.46. The number of hydrogen-bond acceptors (Lipinski definition) is 4. The van der Waals surface area contributed by atoms with E-state index >= 15 is 0 Å². The standard InChI is InChI=1S/C15H9BrCl2FN3O3S2/c1-22-12(15(23)20-7-2-3-10(19)8(17)4-7)6-11(21-27(22,24)25)13-5-9(18)14(16)26-13/h2-6H,1H3,(H,20,23). The topological polar surface area (TPSA) is 78.8 Å². The maximum Gasteiger partial charge on any atom is 0.345 e. The van der Waals surface area contributed by atoms with E-state index in [0.717, 1.165) is 10.4 Å². The number of carbonyl (C=O) groups is 1. The Kier molecular flexibility index (Phi) is 5.64. The highest BCUT2D eigenvalue weighted by atomic mass is 79.9. The first-order valence-corrected chi connectivity index (χ1v) is 10.9. The quantitative estimate of drug-likeness (QED) is 0.659. The van der Waals surface area contributed by atoms with Crippen molar-refractivity contribution in [3.05, 3.63) is 60.6 Å². The zero-order valence-corrected chi connectivity index (χ0v) is 18.1. The van der Waals surface area contributed by atoms with Gasteiger partial charge in [-0.1, -0.05) is 23.2 Å². The molecule has 0 unspecified atom stereocenters. The van der Waals surface area contributed by atoms with Gasteiger partial charge in [0, 0.05) is 12.7 Å². The van der Waals surface area contributed by atoms with E-state index in [1.54, 1.807) is 6.07 Å². The van der Waals surface area contributed by atoms with E-state index in [1.807, 2.05) is 0 Å². The molecule has 0 saturated carbocycles. The van der Waals surface area contributed by atoms with Crippen LogP contribution in [0, 0.1) is 5.82 Å². The second kappa shape index (κ2) is 7.51. The maximum absolute atomic E-state index is 13.3. The first-order valence-electron chi connectivity index (χ1n) is 7.10.